The number of carbonyl (C=O) groups excluding carboxylic acids is 1. The third kappa shape index (κ3) is 3.16. The van der Waals surface area contributed by atoms with E-state index in [9.17, 15) is 4.79 Å². The fourth-order valence-corrected chi connectivity index (χ4v) is 2.30. The minimum atomic E-state index is -0.150. The standard InChI is InChI=1S/C16H21NO2/c1-5-15(18)17-11(2)12-6-7-14-13(10-12)8-9-16(3,4)19-14/h5-7,10-11H,1,8-9H2,2-4H3,(H,17,18). The van der Waals surface area contributed by atoms with Crippen molar-refractivity contribution in [1.82, 2.24) is 5.32 Å². The largest absolute Gasteiger partial charge is 0.488 e. The Morgan fingerprint density at radius 3 is 2.95 bits per heavy atom. The minimum Gasteiger partial charge on any atom is -0.488 e. The molecular weight excluding hydrogens is 238 g/mol. The van der Waals surface area contributed by atoms with Crippen LogP contribution < -0.4 is 10.1 Å². The van der Waals surface area contributed by atoms with Gasteiger partial charge in [0.1, 0.15) is 11.4 Å². The van der Waals surface area contributed by atoms with Crippen LogP contribution in [0.4, 0.5) is 0 Å². The fraction of sp³-hybridized carbons (Fsp3) is 0.438. The maximum atomic E-state index is 11.3. The molecule has 1 aromatic rings. The van der Waals surface area contributed by atoms with E-state index in [1.807, 2.05) is 19.1 Å². The molecule has 1 amide bonds. The predicted molar refractivity (Wildman–Crippen MR) is 76.2 cm³/mol. The van der Waals surface area contributed by atoms with Gasteiger partial charge in [-0.15, -0.1) is 0 Å². The molecule has 2 rings (SSSR count). The third-order valence-corrected chi connectivity index (χ3v) is 3.51. The van der Waals surface area contributed by atoms with Gasteiger partial charge >= 0.3 is 0 Å². The zero-order valence-electron chi connectivity index (χ0n) is 11.8. The topological polar surface area (TPSA) is 38.3 Å². The van der Waals surface area contributed by atoms with Crippen molar-refractivity contribution in [2.75, 3.05) is 0 Å². The highest BCUT2D eigenvalue weighted by atomic mass is 16.5. The highest BCUT2D eigenvalue weighted by Crippen LogP contribution is 2.34. The maximum absolute atomic E-state index is 11.3. The molecule has 1 N–H and O–H groups in total. The summed E-state index contributed by atoms with van der Waals surface area (Å²) in [5.41, 5.74) is 2.23. The molecule has 0 saturated heterocycles. The molecule has 1 heterocycles. The molecule has 0 aromatic heterocycles. The highest BCUT2D eigenvalue weighted by Gasteiger charge is 2.26. The van der Waals surface area contributed by atoms with Gasteiger partial charge in [-0.3, -0.25) is 4.79 Å². The van der Waals surface area contributed by atoms with Gasteiger partial charge in [-0.05, 0) is 56.9 Å². The van der Waals surface area contributed by atoms with Crippen molar-refractivity contribution in [1.29, 1.82) is 0 Å². The van der Waals surface area contributed by atoms with E-state index in [4.69, 9.17) is 4.74 Å². The molecule has 0 spiro atoms. The van der Waals surface area contributed by atoms with Crippen LogP contribution in [0.3, 0.4) is 0 Å². The average Bonchev–Trinajstić information content (AvgIpc) is 2.36. The van der Waals surface area contributed by atoms with Crippen LogP contribution in [-0.4, -0.2) is 11.5 Å². The van der Waals surface area contributed by atoms with Gasteiger partial charge in [0.05, 0.1) is 6.04 Å². The second-order valence-corrected chi connectivity index (χ2v) is 5.66. The Morgan fingerprint density at radius 2 is 2.26 bits per heavy atom. The monoisotopic (exact) mass is 259 g/mol. The van der Waals surface area contributed by atoms with Crippen LogP contribution in [0.5, 0.6) is 5.75 Å². The van der Waals surface area contributed by atoms with Crippen LogP contribution in [0.2, 0.25) is 0 Å². The van der Waals surface area contributed by atoms with Crippen molar-refractivity contribution < 1.29 is 9.53 Å². The maximum Gasteiger partial charge on any atom is 0.243 e. The number of hydrogen-bond donors (Lipinski definition) is 1. The summed E-state index contributed by atoms with van der Waals surface area (Å²) in [5, 5.41) is 2.87. The molecule has 1 unspecified atom stereocenters. The van der Waals surface area contributed by atoms with E-state index in [0.29, 0.717) is 0 Å². The van der Waals surface area contributed by atoms with Gasteiger partial charge in [-0.25, -0.2) is 0 Å². The highest BCUT2D eigenvalue weighted by molar-refractivity contribution is 5.87. The summed E-state index contributed by atoms with van der Waals surface area (Å²) in [4.78, 5) is 11.3. The van der Waals surface area contributed by atoms with Gasteiger partial charge in [-0.1, -0.05) is 18.7 Å². The van der Waals surface area contributed by atoms with E-state index in [1.54, 1.807) is 0 Å². The molecule has 3 heteroatoms. The van der Waals surface area contributed by atoms with Crippen LogP contribution in [0.1, 0.15) is 44.4 Å². The van der Waals surface area contributed by atoms with Crippen molar-refractivity contribution in [3.05, 3.63) is 42.0 Å². The number of hydrogen-bond acceptors (Lipinski definition) is 2. The summed E-state index contributed by atoms with van der Waals surface area (Å²) in [6.45, 7) is 9.65. The summed E-state index contributed by atoms with van der Waals surface area (Å²) in [5.74, 6) is 0.810. The Kier molecular flexibility index (Phi) is 3.65. The molecule has 1 aliphatic rings. The fourth-order valence-electron chi connectivity index (χ4n) is 2.30. The van der Waals surface area contributed by atoms with Gasteiger partial charge in [0.25, 0.3) is 0 Å². The number of amides is 1. The molecule has 1 aromatic carbocycles. The van der Waals surface area contributed by atoms with E-state index >= 15 is 0 Å². The van der Waals surface area contributed by atoms with Gasteiger partial charge in [-0.2, -0.15) is 0 Å². The average molecular weight is 259 g/mol. The van der Waals surface area contributed by atoms with E-state index < -0.39 is 0 Å². The molecule has 1 aliphatic heterocycles. The first-order valence-electron chi connectivity index (χ1n) is 6.66. The lowest BCUT2D eigenvalue weighted by Crippen LogP contribution is -2.32. The van der Waals surface area contributed by atoms with Crippen molar-refractivity contribution >= 4 is 5.91 Å². The molecule has 0 radical (unpaired) electrons. The molecule has 1 atom stereocenters. The van der Waals surface area contributed by atoms with Crippen LogP contribution in [0.25, 0.3) is 0 Å². The molecule has 0 saturated carbocycles. The zero-order valence-corrected chi connectivity index (χ0v) is 11.8. The van der Waals surface area contributed by atoms with Gasteiger partial charge in [0.2, 0.25) is 5.91 Å². The first kappa shape index (κ1) is 13.7. The molecule has 102 valence electrons. The Balaban J connectivity index is 2.18. The molecule has 19 heavy (non-hydrogen) atoms. The van der Waals surface area contributed by atoms with Gasteiger partial charge in [0, 0.05) is 0 Å². The first-order valence-corrected chi connectivity index (χ1v) is 6.66. The summed E-state index contributed by atoms with van der Waals surface area (Å²) in [7, 11) is 0. The molecule has 0 fully saturated rings. The lowest BCUT2D eigenvalue weighted by Gasteiger charge is -2.33. The Morgan fingerprint density at radius 1 is 1.53 bits per heavy atom. The molecule has 3 nitrogen and oxygen atoms in total. The second-order valence-electron chi connectivity index (χ2n) is 5.66. The number of carbonyl (C=O) groups is 1. The summed E-state index contributed by atoms with van der Waals surface area (Å²) >= 11 is 0. The quantitative estimate of drug-likeness (QED) is 0.847. The van der Waals surface area contributed by atoms with E-state index in [0.717, 1.165) is 24.2 Å². The minimum absolute atomic E-state index is 0.0225. The number of ether oxygens (including phenoxy) is 1. The zero-order chi connectivity index (χ0) is 14.0. The second kappa shape index (κ2) is 5.08. The summed E-state index contributed by atoms with van der Waals surface area (Å²) in [6, 6.07) is 6.11. The van der Waals surface area contributed by atoms with E-state index in [1.165, 1.54) is 11.6 Å². The smallest absolute Gasteiger partial charge is 0.243 e. The Bertz CT molecular complexity index is 505. The van der Waals surface area contributed by atoms with Crippen molar-refractivity contribution in [3.63, 3.8) is 0 Å². The number of aryl methyl sites for hydroxylation is 1. The van der Waals surface area contributed by atoms with Crippen LogP contribution >= 0.6 is 0 Å². The molecule has 0 aliphatic carbocycles. The third-order valence-electron chi connectivity index (χ3n) is 3.51. The Hall–Kier alpha value is -1.77. The van der Waals surface area contributed by atoms with Crippen LogP contribution in [-0.2, 0) is 11.2 Å². The van der Waals surface area contributed by atoms with Gasteiger partial charge < -0.3 is 10.1 Å². The summed E-state index contributed by atoms with van der Waals surface area (Å²) in [6.07, 6.45) is 3.32. The lowest BCUT2D eigenvalue weighted by molar-refractivity contribution is -0.117. The number of benzene rings is 1. The molecular formula is C16H21NO2. The lowest BCUT2D eigenvalue weighted by atomic mass is 9.92. The molecule has 0 bridgehead atoms. The summed E-state index contributed by atoms with van der Waals surface area (Å²) < 4.78 is 5.95. The van der Waals surface area contributed by atoms with E-state index in [2.05, 4.69) is 31.8 Å². The SMILES string of the molecule is C=CC(=O)NC(C)c1ccc2c(c1)CCC(C)(C)O2. The van der Waals surface area contributed by atoms with Crippen molar-refractivity contribution in [3.8, 4) is 5.75 Å². The normalized spacial score (nSPS) is 17.8. The van der Waals surface area contributed by atoms with E-state index in [-0.39, 0.29) is 17.6 Å². The van der Waals surface area contributed by atoms with Crippen molar-refractivity contribution in [2.45, 2.75) is 45.3 Å². The van der Waals surface area contributed by atoms with Gasteiger partial charge in [0.15, 0.2) is 0 Å². The first-order chi connectivity index (χ1) is 8.91. The number of nitrogens with one attached hydrogen (secondary N) is 1. The van der Waals surface area contributed by atoms with Crippen LogP contribution in [0.15, 0.2) is 30.9 Å². The predicted octanol–water partition coefficient (Wildman–Crippen LogP) is 3.15. The Labute approximate surface area is 114 Å². The number of rotatable bonds is 3. The van der Waals surface area contributed by atoms with Crippen LogP contribution in [0, 0.1) is 0 Å². The van der Waals surface area contributed by atoms with Crippen molar-refractivity contribution in [2.24, 2.45) is 0 Å². The number of fused-ring (bicyclic) bond motifs is 1.